The molecule has 12 heavy (non-hydrogen) atoms. The summed E-state index contributed by atoms with van der Waals surface area (Å²) < 4.78 is 3.83. The molecule has 5 nitrogen and oxygen atoms in total. The number of hydrogen-bond donors (Lipinski definition) is 3. The second kappa shape index (κ2) is 6.15. The minimum Gasteiger partial charge on any atom is -0.342 e. The molecular weight excluding hydrogens is 202 g/mol. The van der Waals surface area contributed by atoms with E-state index in [1.807, 2.05) is 0 Å². The molecular formula is C5H9NO4S2. The van der Waals surface area contributed by atoms with Gasteiger partial charge in [0.25, 0.3) is 0 Å². The molecule has 0 saturated carbocycles. The van der Waals surface area contributed by atoms with Crippen LogP contribution in [0.5, 0.6) is 0 Å². The van der Waals surface area contributed by atoms with Gasteiger partial charge in [0.1, 0.15) is 6.04 Å². The van der Waals surface area contributed by atoms with Crippen LogP contribution in [0, 0.1) is 0 Å². The number of rotatable bonds is 4. The molecule has 1 N–H and O–H groups in total. The third kappa shape index (κ3) is 4.47. The van der Waals surface area contributed by atoms with Gasteiger partial charge in [-0.05, 0) is 0 Å². The Balaban J connectivity index is 3.96. The van der Waals surface area contributed by atoms with Crippen molar-refractivity contribution in [2.24, 2.45) is 0 Å². The van der Waals surface area contributed by atoms with Crippen LogP contribution in [-0.4, -0.2) is 23.7 Å². The number of nitrogens with one attached hydrogen (secondary N) is 1. The zero-order valence-electron chi connectivity index (χ0n) is 6.31. The monoisotopic (exact) mass is 211 g/mol. The summed E-state index contributed by atoms with van der Waals surface area (Å²) in [5.74, 6) is -0.949. The van der Waals surface area contributed by atoms with Crippen molar-refractivity contribution in [3.05, 3.63) is 0 Å². The lowest BCUT2D eigenvalue weighted by Crippen LogP contribution is -2.41. The second-order valence-corrected chi connectivity index (χ2v) is 2.43. The Hall–Kier alpha value is -0.400. The average molecular weight is 211 g/mol. The van der Waals surface area contributed by atoms with Crippen LogP contribution < -0.4 is 5.32 Å². The molecule has 0 bridgehead atoms. The molecule has 1 atom stereocenters. The lowest BCUT2D eigenvalue weighted by atomic mass is 10.3. The fourth-order valence-electron chi connectivity index (χ4n) is 0.519. The first-order valence-electron chi connectivity index (χ1n) is 3.01. The first-order chi connectivity index (χ1) is 5.61. The van der Waals surface area contributed by atoms with Gasteiger partial charge < -0.3 is 5.32 Å². The van der Waals surface area contributed by atoms with Crippen LogP contribution in [0.3, 0.4) is 0 Å². The molecule has 0 aromatic heterocycles. The fourth-order valence-corrected chi connectivity index (χ4v) is 0.833. The van der Waals surface area contributed by atoms with E-state index >= 15 is 0 Å². The van der Waals surface area contributed by atoms with Gasteiger partial charge in [0.2, 0.25) is 5.91 Å². The number of hydrogen-bond acceptors (Lipinski definition) is 6. The van der Waals surface area contributed by atoms with Gasteiger partial charge >= 0.3 is 5.97 Å². The highest BCUT2D eigenvalue weighted by Gasteiger charge is 2.19. The lowest BCUT2D eigenvalue weighted by molar-refractivity contribution is -0.206. The van der Waals surface area contributed by atoms with Crippen molar-refractivity contribution >= 4 is 37.4 Å². The third-order valence-corrected chi connectivity index (χ3v) is 1.40. The van der Waals surface area contributed by atoms with E-state index in [2.05, 4.69) is 40.1 Å². The Morgan fingerprint density at radius 1 is 1.58 bits per heavy atom. The molecule has 0 aliphatic rings. The molecule has 0 aliphatic carbocycles. The van der Waals surface area contributed by atoms with E-state index in [1.165, 1.54) is 6.92 Å². The second-order valence-electron chi connectivity index (χ2n) is 1.91. The average Bonchev–Trinajstić information content (AvgIpc) is 2.00. The van der Waals surface area contributed by atoms with Gasteiger partial charge in [0.15, 0.2) is 0 Å². The van der Waals surface area contributed by atoms with Crippen molar-refractivity contribution < 1.29 is 18.8 Å². The predicted octanol–water partition coefficient (Wildman–Crippen LogP) is -0.260. The van der Waals surface area contributed by atoms with Crippen molar-refractivity contribution in [2.75, 3.05) is 5.75 Å². The van der Waals surface area contributed by atoms with Gasteiger partial charge in [-0.25, -0.2) is 4.79 Å². The number of amides is 1. The molecule has 0 rings (SSSR count). The van der Waals surface area contributed by atoms with Gasteiger partial charge in [-0.3, -0.25) is 9.68 Å². The maximum absolute atomic E-state index is 10.9. The summed E-state index contributed by atoms with van der Waals surface area (Å²) in [5, 5.41) is 2.31. The van der Waals surface area contributed by atoms with Crippen LogP contribution >= 0.6 is 25.5 Å². The first kappa shape index (κ1) is 11.6. The highest BCUT2D eigenvalue weighted by molar-refractivity contribution is 7.80. The Morgan fingerprint density at radius 3 is 2.50 bits per heavy atom. The summed E-state index contributed by atoms with van der Waals surface area (Å²) in [6.07, 6.45) is 0. The molecule has 0 aliphatic heterocycles. The Labute approximate surface area is 80.7 Å². The highest BCUT2D eigenvalue weighted by atomic mass is 32.1. The topological polar surface area (TPSA) is 64.6 Å². The van der Waals surface area contributed by atoms with Crippen molar-refractivity contribution in [3.63, 3.8) is 0 Å². The van der Waals surface area contributed by atoms with E-state index in [0.29, 0.717) is 0 Å². The number of thiol groups is 2. The normalized spacial score (nSPS) is 11.9. The molecule has 0 aromatic carbocycles. The van der Waals surface area contributed by atoms with E-state index in [0.717, 1.165) is 0 Å². The summed E-state index contributed by atoms with van der Waals surface area (Å²) in [6, 6.07) is -0.807. The Kier molecular flexibility index (Phi) is 5.95. The van der Waals surface area contributed by atoms with Crippen LogP contribution in [0.15, 0.2) is 0 Å². The lowest BCUT2D eigenvalue weighted by Gasteiger charge is -2.11. The molecule has 0 aromatic rings. The zero-order chi connectivity index (χ0) is 9.56. The Morgan fingerprint density at radius 2 is 2.17 bits per heavy atom. The summed E-state index contributed by atoms with van der Waals surface area (Å²) in [5.41, 5.74) is 0. The standard InChI is InChI=1S/C5H9NO4S2/c1-3(7)6-4(2-11)5(8)9-10-12/h4,11-12H,2H2,1H3,(H,6,7)/t4-/m0/s1. The van der Waals surface area contributed by atoms with Gasteiger partial charge in [0, 0.05) is 25.6 Å². The predicted molar refractivity (Wildman–Crippen MR) is 47.6 cm³/mol. The molecule has 1 amide bonds. The molecule has 0 heterocycles. The minimum absolute atomic E-state index is 0.134. The van der Waals surface area contributed by atoms with Gasteiger partial charge in [-0.15, -0.1) is 4.33 Å². The smallest absolute Gasteiger partial charge is 0.342 e. The van der Waals surface area contributed by atoms with E-state index in [4.69, 9.17) is 0 Å². The van der Waals surface area contributed by atoms with Crippen LogP contribution in [0.4, 0.5) is 0 Å². The van der Waals surface area contributed by atoms with E-state index in [9.17, 15) is 9.59 Å². The van der Waals surface area contributed by atoms with Crippen LogP contribution in [0.1, 0.15) is 6.92 Å². The molecule has 7 heteroatoms. The maximum atomic E-state index is 10.9. The SMILES string of the molecule is CC(=O)N[C@@H](CS)C(=O)OOS. The van der Waals surface area contributed by atoms with Crippen molar-refractivity contribution in [1.82, 2.24) is 5.32 Å². The molecule has 0 fully saturated rings. The molecule has 0 saturated heterocycles. The van der Waals surface area contributed by atoms with Gasteiger partial charge in [0.05, 0.1) is 0 Å². The Bertz CT molecular complexity index is 175. The van der Waals surface area contributed by atoms with Crippen LogP contribution in [0.25, 0.3) is 0 Å². The van der Waals surface area contributed by atoms with E-state index in [1.54, 1.807) is 0 Å². The summed E-state index contributed by atoms with van der Waals surface area (Å²) in [7, 11) is 0. The number of carbonyl (C=O) groups excluding carboxylic acids is 2. The van der Waals surface area contributed by atoms with E-state index in [-0.39, 0.29) is 11.7 Å². The van der Waals surface area contributed by atoms with Crippen molar-refractivity contribution in [2.45, 2.75) is 13.0 Å². The maximum Gasteiger partial charge on any atom is 0.366 e. The van der Waals surface area contributed by atoms with Crippen molar-refractivity contribution in [1.29, 1.82) is 0 Å². The van der Waals surface area contributed by atoms with Crippen LogP contribution in [0.2, 0.25) is 0 Å². The fraction of sp³-hybridized carbons (Fsp3) is 0.600. The first-order valence-corrected chi connectivity index (χ1v) is 4.01. The third-order valence-electron chi connectivity index (χ3n) is 0.964. The molecule has 70 valence electrons. The summed E-state index contributed by atoms with van der Waals surface area (Å²) in [6.45, 7) is 1.28. The number of carbonyl (C=O) groups is 2. The van der Waals surface area contributed by atoms with Crippen molar-refractivity contribution in [3.8, 4) is 0 Å². The highest BCUT2D eigenvalue weighted by Crippen LogP contribution is 1.94. The van der Waals surface area contributed by atoms with Gasteiger partial charge in [-0.1, -0.05) is 0 Å². The van der Waals surface area contributed by atoms with Gasteiger partial charge in [-0.2, -0.15) is 12.6 Å². The molecule has 0 unspecified atom stereocenters. The minimum atomic E-state index is -0.807. The molecule has 0 radical (unpaired) electrons. The zero-order valence-corrected chi connectivity index (χ0v) is 8.10. The quantitative estimate of drug-likeness (QED) is 0.259. The summed E-state index contributed by atoms with van der Waals surface area (Å²) >= 11 is 7.03. The molecule has 0 spiro atoms. The van der Waals surface area contributed by atoms with E-state index < -0.39 is 12.0 Å². The van der Waals surface area contributed by atoms with Crippen LogP contribution in [-0.2, 0) is 18.8 Å². The summed E-state index contributed by atoms with van der Waals surface area (Å²) in [4.78, 5) is 25.4. The largest absolute Gasteiger partial charge is 0.366 e.